The molecule has 2 aromatic rings. The molecule has 6 heteroatoms. The fraction of sp³-hybridized carbons (Fsp3) is 0.0909. The second-order valence-corrected chi connectivity index (χ2v) is 3.90. The van der Waals surface area contributed by atoms with E-state index in [-0.39, 0.29) is 0 Å². The average molecular weight is 263 g/mol. The Labute approximate surface area is 97.3 Å². The number of rotatable bonds is 1. The van der Waals surface area contributed by atoms with E-state index in [1.807, 2.05) is 5.38 Å². The standard InChI is InChI=1S/C11H4F5S/c12-8-2-1-3-9(13)10(8)6-4-17-5-7(6)11(14,15)16/h1-4H. The van der Waals surface area contributed by atoms with Gasteiger partial charge in [0.2, 0.25) is 0 Å². The molecule has 0 aliphatic heterocycles. The van der Waals surface area contributed by atoms with Gasteiger partial charge in [-0.1, -0.05) is 6.07 Å². The highest BCUT2D eigenvalue weighted by Gasteiger charge is 2.36. The van der Waals surface area contributed by atoms with Gasteiger partial charge in [-0.2, -0.15) is 13.2 Å². The maximum absolute atomic E-state index is 13.4. The zero-order valence-corrected chi connectivity index (χ0v) is 8.92. The van der Waals surface area contributed by atoms with Crippen molar-refractivity contribution in [1.82, 2.24) is 0 Å². The molecule has 2 rings (SSSR count). The maximum Gasteiger partial charge on any atom is 0.418 e. The van der Waals surface area contributed by atoms with Crippen LogP contribution in [0, 0.1) is 17.0 Å². The Morgan fingerprint density at radius 1 is 1.06 bits per heavy atom. The van der Waals surface area contributed by atoms with Crippen molar-refractivity contribution in [2.75, 3.05) is 0 Å². The van der Waals surface area contributed by atoms with Crippen molar-refractivity contribution in [3.63, 3.8) is 0 Å². The van der Waals surface area contributed by atoms with Gasteiger partial charge < -0.3 is 0 Å². The smallest absolute Gasteiger partial charge is 0.206 e. The Morgan fingerprint density at radius 3 is 2.18 bits per heavy atom. The maximum atomic E-state index is 13.4. The number of hydrogen-bond donors (Lipinski definition) is 0. The van der Waals surface area contributed by atoms with Crippen molar-refractivity contribution in [2.24, 2.45) is 0 Å². The number of benzene rings is 1. The lowest BCUT2D eigenvalue weighted by Crippen LogP contribution is -2.06. The monoisotopic (exact) mass is 263 g/mol. The number of halogens is 5. The molecule has 0 atom stereocenters. The SMILES string of the molecule is Fc1cccc(F)c1-c1cs[c]c1C(F)(F)F. The van der Waals surface area contributed by atoms with Gasteiger partial charge in [-0.15, -0.1) is 11.3 Å². The van der Waals surface area contributed by atoms with Crippen LogP contribution in [-0.4, -0.2) is 0 Å². The van der Waals surface area contributed by atoms with Crippen LogP contribution >= 0.6 is 11.3 Å². The highest BCUT2D eigenvalue weighted by Crippen LogP contribution is 2.40. The van der Waals surface area contributed by atoms with E-state index in [9.17, 15) is 22.0 Å². The van der Waals surface area contributed by atoms with Crippen LogP contribution in [0.1, 0.15) is 5.56 Å². The second kappa shape index (κ2) is 4.10. The first kappa shape index (κ1) is 12.0. The highest BCUT2D eigenvalue weighted by atomic mass is 32.1. The van der Waals surface area contributed by atoms with Crippen LogP contribution in [0.2, 0.25) is 0 Å². The molecule has 0 fully saturated rings. The fourth-order valence-electron chi connectivity index (χ4n) is 1.41. The van der Waals surface area contributed by atoms with Crippen LogP contribution in [-0.2, 0) is 6.18 Å². The van der Waals surface area contributed by atoms with Gasteiger partial charge >= 0.3 is 6.18 Å². The van der Waals surface area contributed by atoms with Crippen LogP contribution in [0.5, 0.6) is 0 Å². The normalized spacial score (nSPS) is 11.8. The summed E-state index contributed by atoms with van der Waals surface area (Å²) in [5.74, 6) is -2.05. The summed E-state index contributed by atoms with van der Waals surface area (Å²) in [6, 6.07) is 2.92. The molecule has 17 heavy (non-hydrogen) atoms. The van der Waals surface area contributed by atoms with E-state index in [1.54, 1.807) is 0 Å². The second-order valence-electron chi connectivity index (χ2n) is 3.22. The summed E-state index contributed by atoms with van der Waals surface area (Å²) in [4.78, 5) is 0. The van der Waals surface area contributed by atoms with Crippen molar-refractivity contribution in [1.29, 1.82) is 0 Å². The highest BCUT2D eigenvalue weighted by molar-refractivity contribution is 7.08. The minimum absolute atomic E-state index is 0.516. The van der Waals surface area contributed by atoms with Gasteiger partial charge in [0.05, 0.1) is 16.5 Å². The van der Waals surface area contributed by atoms with Gasteiger partial charge in [0.25, 0.3) is 0 Å². The van der Waals surface area contributed by atoms with E-state index in [1.165, 1.54) is 0 Å². The van der Waals surface area contributed by atoms with Crippen molar-refractivity contribution >= 4 is 11.3 Å². The molecule has 1 radical (unpaired) electrons. The van der Waals surface area contributed by atoms with E-state index in [4.69, 9.17) is 0 Å². The zero-order valence-electron chi connectivity index (χ0n) is 8.11. The third kappa shape index (κ3) is 2.17. The summed E-state index contributed by atoms with van der Waals surface area (Å²) in [5, 5.41) is 3.01. The van der Waals surface area contributed by atoms with Crippen LogP contribution in [0.25, 0.3) is 11.1 Å². The number of thiophene rings is 1. The number of hydrogen-bond acceptors (Lipinski definition) is 1. The zero-order chi connectivity index (χ0) is 12.6. The van der Waals surface area contributed by atoms with Gasteiger partial charge in [0, 0.05) is 10.9 Å². The largest absolute Gasteiger partial charge is 0.418 e. The van der Waals surface area contributed by atoms with E-state index in [2.05, 4.69) is 0 Å². The minimum Gasteiger partial charge on any atom is -0.206 e. The summed E-state index contributed by atoms with van der Waals surface area (Å²) in [6.07, 6.45) is -4.68. The molecule has 89 valence electrons. The molecule has 0 bridgehead atoms. The average Bonchev–Trinajstić information content (AvgIpc) is 2.65. The van der Waals surface area contributed by atoms with Gasteiger partial charge in [-0.25, -0.2) is 8.78 Å². The molecule has 0 amide bonds. The van der Waals surface area contributed by atoms with Gasteiger partial charge in [0.1, 0.15) is 11.6 Å². The summed E-state index contributed by atoms with van der Waals surface area (Å²) in [5.41, 5.74) is -2.33. The van der Waals surface area contributed by atoms with Crippen molar-refractivity contribution < 1.29 is 22.0 Å². The molecule has 0 aliphatic rings. The lowest BCUT2D eigenvalue weighted by Gasteiger charge is -2.09. The minimum atomic E-state index is -4.68. The Morgan fingerprint density at radius 2 is 1.65 bits per heavy atom. The molecular formula is C11H4F5S. The van der Waals surface area contributed by atoms with E-state index >= 15 is 0 Å². The molecule has 0 spiro atoms. The molecule has 0 N–H and O–H groups in total. The molecule has 1 aromatic heterocycles. The summed E-state index contributed by atoms with van der Waals surface area (Å²) >= 11 is 0.627. The number of alkyl halides is 3. The first-order valence-electron chi connectivity index (χ1n) is 4.42. The van der Waals surface area contributed by atoms with E-state index in [0.717, 1.165) is 23.6 Å². The predicted octanol–water partition coefficient (Wildman–Crippen LogP) is 4.51. The quantitative estimate of drug-likeness (QED) is 0.664. The van der Waals surface area contributed by atoms with Crippen LogP contribution < -0.4 is 0 Å². The summed E-state index contributed by atoms with van der Waals surface area (Å²) < 4.78 is 64.4. The molecule has 0 saturated carbocycles. The Hall–Kier alpha value is -1.43. The Balaban J connectivity index is 2.66. The first-order chi connectivity index (χ1) is 7.91. The third-order valence-electron chi connectivity index (χ3n) is 2.12. The Bertz CT molecular complexity index is 521. The fourth-order valence-corrected chi connectivity index (χ4v) is 2.17. The molecule has 0 unspecified atom stereocenters. The topological polar surface area (TPSA) is 0 Å². The molecule has 0 aliphatic carbocycles. The molecular weight excluding hydrogens is 259 g/mol. The first-order valence-corrected chi connectivity index (χ1v) is 5.30. The molecule has 1 heterocycles. The van der Waals surface area contributed by atoms with Crippen molar-refractivity contribution in [3.8, 4) is 11.1 Å². The van der Waals surface area contributed by atoms with Crippen LogP contribution in [0.15, 0.2) is 23.6 Å². The van der Waals surface area contributed by atoms with Crippen molar-refractivity contribution in [2.45, 2.75) is 6.18 Å². The predicted molar refractivity (Wildman–Crippen MR) is 53.5 cm³/mol. The van der Waals surface area contributed by atoms with Gasteiger partial charge in [0.15, 0.2) is 0 Å². The van der Waals surface area contributed by atoms with Crippen LogP contribution in [0.3, 0.4) is 0 Å². The van der Waals surface area contributed by atoms with Gasteiger partial charge in [-0.3, -0.25) is 0 Å². The van der Waals surface area contributed by atoms with Gasteiger partial charge in [-0.05, 0) is 12.1 Å². The summed E-state index contributed by atoms with van der Waals surface area (Å²) in [6.45, 7) is 0. The van der Waals surface area contributed by atoms with E-state index < -0.39 is 34.5 Å². The lowest BCUT2D eigenvalue weighted by molar-refractivity contribution is -0.137. The summed E-state index contributed by atoms with van der Waals surface area (Å²) in [7, 11) is 0. The third-order valence-corrected chi connectivity index (χ3v) is 2.80. The molecule has 1 aromatic carbocycles. The van der Waals surface area contributed by atoms with E-state index in [0.29, 0.717) is 11.3 Å². The van der Waals surface area contributed by atoms with Crippen LogP contribution in [0.4, 0.5) is 22.0 Å². The Kier molecular flexibility index (Phi) is 2.91. The molecule has 0 nitrogen and oxygen atoms in total. The molecule has 0 saturated heterocycles. The van der Waals surface area contributed by atoms with Crippen molar-refractivity contribution in [3.05, 3.63) is 46.2 Å². The lowest BCUT2D eigenvalue weighted by atomic mass is 10.0.